The van der Waals surface area contributed by atoms with Gasteiger partial charge in [-0.1, -0.05) is 67.6 Å². The Morgan fingerprint density at radius 3 is 2.36 bits per heavy atom. The third-order valence-electron chi connectivity index (χ3n) is 4.67. The fourth-order valence-corrected chi connectivity index (χ4v) is 2.99. The van der Waals surface area contributed by atoms with Crippen molar-refractivity contribution in [3.63, 3.8) is 0 Å². The zero-order valence-corrected chi connectivity index (χ0v) is 16.9. The summed E-state index contributed by atoms with van der Waals surface area (Å²) in [6.07, 6.45) is 5.83. The molecule has 0 amide bonds. The van der Waals surface area contributed by atoms with Gasteiger partial charge in [0.15, 0.2) is 0 Å². The van der Waals surface area contributed by atoms with Gasteiger partial charge in [-0.2, -0.15) is 0 Å². The minimum atomic E-state index is 0.0731. The lowest BCUT2D eigenvalue weighted by atomic mass is 9.99. The van der Waals surface area contributed by atoms with Gasteiger partial charge in [-0.15, -0.1) is 0 Å². The third-order valence-corrected chi connectivity index (χ3v) is 4.67. The summed E-state index contributed by atoms with van der Waals surface area (Å²) in [7, 11) is 0. The molecule has 0 aliphatic rings. The molecule has 4 heteroatoms. The third kappa shape index (κ3) is 7.12. The first kappa shape index (κ1) is 21.6. The molecule has 4 nitrogen and oxygen atoms in total. The smallest absolute Gasteiger partial charge is 0.0546 e. The van der Waals surface area contributed by atoms with Crippen molar-refractivity contribution in [2.24, 2.45) is 16.6 Å². The van der Waals surface area contributed by atoms with Crippen LogP contribution < -0.4 is 11.1 Å². The second-order valence-corrected chi connectivity index (χ2v) is 6.91. The number of nitrogens with two attached hydrogens (primary N) is 1. The molecule has 0 aliphatic heterocycles. The first-order valence-electron chi connectivity index (χ1n) is 9.98. The van der Waals surface area contributed by atoms with Gasteiger partial charge in [0.1, 0.15) is 0 Å². The van der Waals surface area contributed by atoms with E-state index in [9.17, 15) is 0 Å². The van der Waals surface area contributed by atoms with Crippen LogP contribution >= 0.6 is 0 Å². The summed E-state index contributed by atoms with van der Waals surface area (Å²) in [5.74, 6) is 0.206. The number of benzene rings is 2. The zero-order chi connectivity index (χ0) is 20.2. The maximum atomic E-state index is 8.50. The molecular formula is C24H32N4. The number of allylic oxidation sites excluding steroid dienone is 1. The summed E-state index contributed by atoms with van der Waals surface area (Å²) in [5, 5.41) is 11.9. The van der Waals surface area contributed by atoms with E-state index in [0.717, 1.165) is 23.4 Å². The Hall–Kier alpha value is -2.72. The SMILES string of the molecule is CCC=CC(CN)C(C)N=C(CNc1ccccc1)CC(=N)c1ccccc1. The van der Waals surface area contributed by atoms with E-state index >= 15 is 0 Å². The predicted molar refractivity (Wildman–Crippen MR) is 122 cm³/mol. The first-order chi connectivity index (χ1) is 13.6. The lowest BCUT2D eigenvalue weighted by molar-refractivity contribution is 0.545. The highest BCUT2D eigenvalue weighted by atomic mass is 14.9. The van der Waals surface area contributed by atoms with Gasteiger partial charge in [0.05, 0.1) is 12.6 Å². The normalized spacial score (nSPS) is 14.0. The van der Waals surface area contributed by atoms with Crippen LogP contribution in [0.25, 0.3) is 0 Å². The lowest BCUT2D eigenvalue weighted by Crippen LogP contribution is -2.26. The summed E-state index contributed by atoms with van der Waals surface area (Å²) in [4.78, 5) is 4.96. The van der Waals surface area contributed by atoms with Crippen molar-refractivity contribution in [1.82, 2.24) is 0 Å². The molecule has 28 heavy (non-hydrogen) atoms. The van der Waals surface area contributed by atoms with Crippen LogP contribution in [0.5, 0.6) is 0 Å². The van der Waals surface area contributed by atoms with E-state index in [1.165, 1.54) is 0 Å². The van der Waals surface area contributed by atoms with Crippen molar-refractivity contribution in [2.75, 3.05) is 18.4 Å². The number of nitrogens with zero attached hydrogens (tertiary/aromatic N) is 1. The zero-order valence-electron chi connectivity index (χ0n) is 16.9. The molecule has 0 saturated carbocycles. The molecule has 0 spiro atoms. The minimum absolute atomic E-state index is 0.0731. The highest BCUT2D eigenvalue weighted by Gasteiger charge is 2.14. The van der Waals surface area contributed by atoms with Crippen molar-refractivity contribution < 1.29 is 0 Å². The fraction of sp³-hybridized carbons (Fsp3) is 0.333. The lowest BCUT2D eigenvalue weighted by Gasteiger charge is -2.19. The molecule has 0 heterocycles. The second kappa shape index (κ2) is 11.9. The van der Waals surface area contributed by atoms with Gasteiger partial charge >= 0.3 is 0 Å². The second-order valence-electron chi connectivity index (χ2n) is 6.91. The van der Waals surface area contributed by atoms with Crippen LogP contribution in [0.3, 0.4) is 0 Å². The highest BCUT2D eigenvalue weighted by molar-refractivity contribution is 6.12. The summed E-state index contributed by atoms with van der Waals surface area (Å²) in [6, 6.07) is 20.0. The first-order valence-corrected chi connectivity index (χ1v) is 9.98. The molecule has 0 saturated heterocycles. The van der Waals surface area contributed by atoms with E-state index in [1.807, 2.05) is 60.7 Å². The van der Waals surface area contributed by atoms with Crippen molar-refractivity contribution in [1.29, 1.82) is 5.41 Å². The average Bonchev–Trinajstić information content (AvgIpc) is 2.74. The van der Waals surface area contributed by atoms with E-state index in [1.54, 1.807) is 0 Å². The Morgan fingerprint density at radius 2 is 1.75 bits per heavy atom. The number of aliphatic imine (C=N–C) groups is 1. The number of para-hydroxylation sites is 1. The molecule has 0 fully saturated rings. The van der Waals surface area contributed by atoms with E-state index < -0.39 is 0 Å². The Labute approximate surface area is 169 Å². The van der Waals surface area contributed by atoms with Gasteiger partial charge in [0.25, 0.3) is 0 Å². The molecular weight excluding hydrogens is 344 g/mol. The molecule has 2 atom stereocenters. The van der Waals surface area contributed by atoms with Gasteiger partial charge in [-0.05, 0) is 31.0 Å². The van der Waals surface area contributed by atoms with Crippen LogP contribution in [0.2, 0.25) is 0 Å². The number of hydrogen-bond acceptors (Lipinski definition) is 4. The molecule has 0 radical (unpaired) electrons. The summed E-state index contributed by atoms with van der Waals surface area (Å²) in [6.45, 7) is 5.40. The van der Waals surface area contributed by atoms with E-state index in [4.69, 9.17) is 16.1 Å². The molecule has 2 rings (SSSR count). The van der Waals surface area contributed by atoms with Crippen LogP contribution in [0.1, 0.15) is 32.3 Å². The van der Waals surface area contributed by atoms with Crippen LogP contribution in [0.15, 0.2) is 77.8 Å². The van der Waals surface area contributed by atoms with Crippen LogP contribution in [-0.4, -0.2) is 30.6 Å². The molecule has 0 bridgehead atoms. The molecule has 2 aromatic rings. The van der Waals surface area contributed by atoms with Crippen molar-refractivity contribution in [2.45, 2.75) is 32.7 Å². The molecule has 0 aromatic heterocycles. The molecule has 148 valence electrons. The molecule has 2 aromatic carbocycles. The number of nitrogens with one attached hydrogen (secondary N) is 2. The van der Waals surface area contributed by atoms with E-state index in [0.29, 0.717) is 25.2 Å². The quantitative estimate of drug-likeness (QED) is 0.384. The number of hydrogen-bond donors (Lipinski definition) is 3. The van der Waals surface area contributed by atoms with Crippen molar-refractivity contribution in [3.8, 4) is 0 Å². The molecule has 0 aliphatic carbocycles. The minimum Gasteiger partial charge on any atom is -0.380 e. The van der Waals surface area contributed by atoms with Gasteiger partial charge in [-0.3, -0.25) is 4.99 Å². The Kier molecular flexibility index (Phi) is 9.16. The Bertz CT molecular complexity index is 766. The monoisotopic (exact) mass is 376 g/mol. The Balaban J connectivity index is 2.16. The average molecular weight is 377 g/mol. The highest BCUT2D eigenvalue weighted by Crippen LogP contribution is 2.13. The van der Waals surface area contributed by atoms with Gasteiger partial charge in [0.2, 0.25) is 0 Å². The molecule has 2 unspecified atom stereocenters. The van der Waals surface area contributed by atoms with Gasteiger partial charge < -0.3 is 16.5 Å². The predicted octanol–water partition coefficient (Wildman–Crippen LogP) is 4.93. The topological polar surface area (TPSA) is 74.3 Å². The molecule has 4 N–H and O–H groups in total. The number of rotatable bonds is 11. The maximum Gasteiger partial charge on any atom is 0.0546 e. The Morgan fingerprint density at radius 1 is 1.11 bits per heavy atom. The summed E-state index contributed by atoms with van der Waals surface area (Å²) < 4.78 is 0. The van der Waals surface area contributed by atoms with Crippen LogP contribution in [0.4, 0.5) is 5.69 Å². The van der Waals surface area contributed by atoms with Crippen LogP contribution in [-0.2, 0) is 0 Å². The van der Waals surface area contributed by atoms with Crippen LogP contribution in [0, 0.1) is 11.3 Å². The summed E-state index contributed by atoms with van der Waals surface area (Å²) >= 11 is 0. The van der Waals surface area contributed by atoms with Gasteiger partial charge in [0, 0.05) is 36.0 Å². The fourth-order valence-electron chi connectivity index (χ4n) is 2.99. The van der Waals surface area contributed by atoms with Gasteiger partial charge in [-0.25, -0.2) is 0 Å². The largest absolute Gasteiger partial charge is 0.380 e. The number of anilines is 1. The van der Waals surface area contributed by atoms with E-state index in [-0.39, 0.29) is 12.0 Å². The van der Waals surface area contributed by atoms with E-state index in [2.05, 4.69) is 31.3 Å². The maximum absolute atomic E-state index is 8.50. The van der Waals surface area contributed by atoms with Crippen molar-refractivity contribution in [3.05, 3.63) is 78.4 Å². The summed E-state index contributed by atoms with van der Waals surface area (Å²) in [5.41, 5.74) is 9.50. The van der Waals surface area contributed by atoms with Crippen molar-refractivity contribution >= 4 is 17.1 Å². The standard InChI is InChI=1S/C24H32N4/c1-3-4-11-21(17-25)19(2)28-23(18-27-22-14-9-6-10-15-22)16-24(26)20-12-7-5-8-13-20/h4-15,19,21,26-27H,3,16-18,25H2,1-2H3.